The Morgan fingerprint density at radius 2 is 1.07 bits per heavy atom. The lowest BCUT2D eigenvalue weighted by atomic mass is 10.0. The topological polar surface area (TPSA) is 491 Å². The first-order chi connectivity index (χ1) is 38.4. The Morgan fingerprint density at radius 3 is 1.59 bits per heavy atom. The van der Waals surface area contributed by atoms with Gasteiger partial charge in [-0.25, -0.2) is 0 Å². The monoisotopic (exact) mass is 1150 g/mol. The Morgan fingerprint density at radius 1 is 0.580 bits per heavy atom. The van der Waals surface area contributed by atoms with Crippen LogP contribution in [0.2, 0.25) is 0 Å². The first kappa shape index (κ1) is 70.2. The van der Waals surface area contributed by atoms with Crippen LogP contribution in [0.15, 0.2) is 30.3 Å². The van der Waals surface area contributed by atoms with Crippen molar-refractivity contribution >= 4 is 65.0 Å². The summed E-state index contributed by atoms with van der Waals surface area (Å²) < 4.78 is 0. The molecular weight excluding hydrogens is 1060 g/mol. The summed E-state index contributed by atoms with van der Waals surface area (Å²) in [4.78, 5) is 152. The molecule has 1 saturated heterocycles. The SMILES string of the molecule is CCCCCCCC(=O)N[C@@H](CCN)C(=O)N[C@H](C(=O)N[C@@H](CCN)C(=O)N[C@H]1CCNC(=O)[C@H]([C@@H](C)O)NC(=O)[C@H](CN)NC(=O)[C@H](CN)NC(=O)[C@H](CC(C)C)NC(=O)[C@@H](Cc2ccccc2)NC(=O)[C@H](CN)NC1=O)[C@@H](C)O. The van der Waals surface area contributed by atoms with Crippen LogP contribution in [0.3, 0.4) is 0 Å². The average molecular weight is 1150 g/mol. The molecule has 0 saturated carbocycles. The highest BCUT2D eigenvalue weighted by molar-refractivity contribution is 5.99. The smallest absolute Gasteiger partial charge is 0.245 e. The van der Waals surface area contributed by atoms with Crippen molar-refractivity contribution < 1.29 is 63.0 Å². The summed E-state index contributed by atoms with van der Waals surface area (Å²) in [6.45, 7) is 5.62. The molecule has 11 amide bonds. The first-order valence-electron chi connectivity index (χ1n) is 27.7. The zero-order chi connectivity index (χ0) is 60.8. The minimum Gasteiger partial charge on any atom is -0.391 e. The number of hydrogen-bond donors (Lipinski definition) is 18. The molecule has 0 aromatic heterocycles. The van der Waals surface area contributed by atoms with Crippen molar-refractivity contribution in [2.24, 2.45) is 34.6 Å². The van der Waals surface area contributed by atoms with Crippen LogP contribution in [0.25, 0.3) is 0 Å². The summed E-state index contributed by atoms with van der Waals surface area (Å²) in [5.41, 5.74) is 30.0. The number of aliphatic hydroxyl groups excluding tert-OH is 2. The molecule has 1 heterocycles. The van der Waals surface area contributed by atoms with Gasteiger partial charge in [-0.3, -0.25) is 52.7 Å². The highest BCUT2D eigenvalue weighted by Crippen LogP contribution is 2.11. The van der Waals surface area contributed by atoms with Crippen molar-refractivity contribution in [1.29, 1.82) is 0 Å². The van der Waals surface area contributed by atoms with E-state index in [4.69, 9.17) is 28.7 Å². The molecule has 2 rings (SSSR count). The van der Waals surface area contributed by atoms with Gasteiger partial charge >= 0.3 is 0 Å². The lowest BCUT2D eigenvalue weighted by molar-refractivity contribution is -0.137. The Hall–Kier alpha value is -6.89. The van der Waals surface area contributed by atoms with Crippen LogP contribution in [0.5, 0.6) is 0 Å². The van der Waals surface area contributed by atoms with E-state index in [2.05, 4.69) is 65.4 Å². The molecular formula is C52H90N16O13. The lowest BCUT2D eigenvalue weighted by Gasteiger charge is -2.28. The van der Waals surface area contributed by atoms with Crippen LogP contribution >= 0.6 is 0 Å². The maximum absolute atomic E-state index is 14.3. The molecule has 456 valence electrons. The minimum atomic E-state index is -1.71. The van der Waals surface area contributed by atoms with E-state index in [1.807, 2.05) is 0 Å². The van der Waals surface area contributed by atoms with Gasteiger partial charge in [0.15, 0.2) is 0 Å². The fourth-order valence-corrected chi connectivity index (χ4v) is 8.42. The third-order valence-corrected chi connectivity index (χ3v) is 13.1. The number of hydrogen-bond acceptors (Lipinski definition) is 18. The summed E-state index contributed by atoms with van der Waals surface area (Å²) in [6.07, 6.45) is 0.472. The lowest BCUT2D eigenvalue weighted by Crippen LogP contribution is -2.63. The van der Waals surface area contributed by atoms with Gasteiger partial charge in [0, 0.05) is 39.0 Å². The predicted molar refractivity (Wildman–Crippen MR) is 298 cm³/mol. The molecule has 0 aliphatic carbocycles. The third-order valence-electron chi connectivity index (χ3n) is 13.1. The van der Waals surface area contributed by atoms with Crippen molar-refractivity contribution in [3.63, 3.8) is 0 Å². The van der Waals surface area contributed by atoms with Crippen molar-refractivity contribution in [3.05, 3.63) is 35.9 Å². The molecule has 0 bridgehead atoms. The Balaban J connectivity index is 2.62. The molecule has 1 fully saturated rings. The number of nitrogens with two attached hydrogens (primary N) is 5. The molecule has 29 heteroatoms. The molecule has 29 nitrogen and oxygen atoms in total. The number of amides is 11. The molecule has 1 aromatic carbocycles. The summed E-state index contributed by atoms with van der Waals surface area (Å²) in [6, 6.07) is -6.76. The van der Waals surface area contributed by atoms with Gasteiger partial charge in [0.2, 0.25) is 65.0 Å². The van der Waals surface area contributed by atoms with Gasteiger partial charge in [0.05, 0.1) is 12.2 Å². The molecule has 0 spiro atoms. The van der Waals surface area contributed by atoms with E-state index >= 15 is 0 Å². The van der Waals surface area contributed by atoms with Crippen molar-refractivity contribution in [2.45, 2.75) is 178 Å². The Labute approximate surface area is 472 Å². The Bertz CT molecular complexity index is 2230. The van der Waals surface area contributed by atoms with Crippen LogP contribution in [0, 0.1) is 5.92 Å². The van der Waals surface area contributed by atoms with E-state index in [1.54, 1.807) is 44.2 Å². The number of carbonyl (C=O) groups excluding carboxylic acids is 11. The summed E-state index contributed by atoms with van der Waals surface area (Å²) in [5.74, 6) is -10.4. The largest absolute Gasteiger partial charge is 0.391 e. The van der Waals surface area contributed by atoms with Crippen LogP contribution in [0.1, 0.15) is 104 Å². The van der Waals surface area contributed by atoms with E-state index in [0.29, 0.717) is 12.0 Å². The van der Waals surface area contributed by atoms with Gasteiger partial charge in [-0.1, -0.05) is 76.8 Å². The predicted octanol–water partition coefficient (Wildman–Crippen LogP) is -6.66. The standard InChI is InChI=1S/C52H90N16O13/c1-6-7-8-9-13-16-40(71)59-32(17-20-53)45(74)68-42(30(5)70)52(81)61-33(18-21-54)43(72)60-34-19-22-58-51(80)41(29(4)69)67-50(79)39(27-57)66-49(78)38(26-56)65-46(75)35(23-28(2)3)62-47(76)36(24-31-14-11-10-12-15-31)63-48(77)37(25-55)64-44(34)73/h10-12,14-15,28-30,32-39,41-42,69-70H,6-9,13,16-27,53-57H2,1-5H3,(H,58,80)(H,59,71)(H,60,72)(H,61,81)(H,62,76)(H,63,77)(H,64,73)(H,65,75)(H,66,78)(H,67,79)(H,68,74)/t29-,30-,32+,33+,34+,35+,36-,37+,38+,39+,41+,42+/m1/s1. The van der Waals surface area contributed by atoms with E-state index in [0.717, 1.165) is 25.7 Å². The molecule has 1 aliphatic rings. The normalized spacial score (nSPS) is 23.0. The fraction of sp³-hybridized carbons (Fsp3) is 0.673. The molecule has 1 aliphatic heterocycles. The zero-order valence-corrected chi connectivity index (χ0v) is 47.2. The van der Waals surface area contributed by atoms with Gasteiger partial charge in [-0.05, 0) is 70.5 Å². The van der Waals surface area contributed by atoms with Gasteiger partial charge in [-0.2, -0.15) is 0 Å². The molecule has 23 N–H and O–H groups in total. The molecule has 0 unspecified atom stereocenters. The number of nitrogens with one attached hydrogen (secondary N) is 11. The van der Waals surface area contributed by atoms with E-state index in [9.17, 15) is 63.0 Å². The van der Waals surface area contributed by atoms with Gasteiger partial charge in [0.25, 0.3) is 0 Å². The van der Waals surface area contributed by atoms with E-state index < -0.39 is 170 Å². The minimum absolute atomic E-state index is 0.0163. The van der Waals surface area contributed by atoms with Gasteiger partial charge in [-0.15, -0.1) is 0 Å². The fourth-order valence-electron chi connectivity index (χ4n) is 8.42. The van der Waals surface area contributed by atoms with Gasteiger partial charge < -0.3 is 97.4 Å². The number of aliphatic hydroxyl groups is 2. The maximum Gasteiger partial charge on any atom is 0.245 e. The number of benzene rings is 1. The second kappa shape index (κ2) is 37.2. The first-order valence-corrected chi connectivity index (χ1v) is 27.7. The van der Waals surface area contributed by atoms with Crippen LogP contribution in [-0.2, 0) is 59.2 Å². The third kappa shape index (κ3) is 24.8. The zero-order valence-electron chi connectivity index (χ0n) is 47.2. The van der Waals surface area contributed by atoms with E-state index in [1.165, 1.54) is 13.8 Å². The molecule has 81 heavy (non-hydrogen) atoms. The summed E-state index contributed by atoms with van der Waals surface area (Å²) in [5, 5.41) is 48.7. The summed E-state index contributed by atoms with van der Waals surface area (Å²) in [7, 11) is 0. The van der Waals surface area contributed by atoms with Crippen LogP contribution in [-0.4, -0.2) is 187 Å². The van der Waals surface area contributed by atoms with Crippen LogP contribution < -0.4 is 87.2 Å². The molecule has 12 atom stereocenters. The highest BCUT2D eigenvalue weighted by atomic mass is 16.3. The maximum atomic E-state index is 14.3. The van der Waals surface area contributed by atoms with Gasteiger partial charge in [0.1, 0.15) is 60.4 Å². The second-order valence-electron chi connectivity index (χ2n) is 20.4. The van der Waals surface area contributed by atoms with Crippen molar-refractivity contribution in [2.75, 3.05) is 39.3 Å². The Kier molecular flexibility index (Phi) is 32.2. The average Bonchev–Trinajstić information content (AvgIpc) is 3.42. The second-order valence-corrected chi connectivity index (χ2v) is 20.4. The van der Waals surface area contributed by atoms with Crippen LogP contribution in [0.4, 0.5) is 0 Å². The summed E-state index contributed by atoms with van der Waals surface area (Å²) >= 11 is 0. The van der Waals surface area contributed by atoms with E-state index in [-0.39, 0.29) is 51.1 Å². The number of carbonyl (C=O) groups is 11. The van der Waals surface area contributed by atoms with Crippen molar-refractivity contribution in [1.82, 2.24) is 58.5 Å². The number of rotatable bonds is 26. The van der Waals surface area contributed by atoms with Crippen molar-refractivity contribution in [3.8, 4) is 0 Å². The highest BCUT2D eigenvalue weighted by Gasteiger charge is 2.37. The molecule has 1 aromatic rings. The number of unbranched alkanes of at least 4 members (excludes halogenated alkanes) is 4. The quantitative estimate of drug-likeness (QED) is 0.0384. The molecule has 0 radical (unpaired) electrons.